The second-order valence-electron chi connectivity index (χ2n) is 4.94. The second-order valence-corrected chi connectivity index (χ2v) is 6.17. The number of benzene rings is 1. The average Bonchev–Trinajstić information content (AvgIpc) is 2.75. The highest BCUT2D eigenvalue weighted by molar-refractivity contribution is 9.10. The molecule has 0 radical (unpaired) electrons. The van der Waals surface area contributed by atoms with E-state index < -0.39 is 0 Å². The van der Waals surface area contributed by atoms with Crippen molar-refractivity contribution in [3.63, 3.8) is 0 Å². The van der Waals surface area contributed by atoms with E-state index in [4.69, 9.17) is 11.6 Å². The number of hydrogen-bond donors (Lipinski definition) is 1. The fourth-order valence-electron chi connectivity index (χ4n) is 2.53. The van der Waals surface area contributed by atoms with Gasteiger partial charge in [0.2, 0.25) is 0 Å². The third-order valence-electron chi connectivity index (χ3n) is 3.48. The number of carbonyl (C=O) groups excluding carboxylic acids is 1. The summed E-state index contributed by atoms with van der Waals surface area (Å²) in [7, 11) is 0. The maximum absolute atomic E-state index is 12.2. The topological polar surface area (TPSA) is 29.1 Å². The smallest absolute Gasteiger partial charge is 0.251 e. The molecule has 0 saturated heterocycles. The van der Waals surface area contributed by atoms with Gasteiger partial charge in [0.15, 0.2) is 0 Å². The zero-order valence-electron chi connectivity index (χ0n) is 10.4. The van der Waals surface area contributed by atoms with E-state index in [0.29, 0.717) is 17.4 Å². The number of halogens is 2. The zero-order chi connectivity index (χ0) is 13.1. The largest absolute Gasteiger partial charge is 0.349 e. The van der Waals surface area contributed by atoms with Gasteiger partial charge in [-0.1, -0.05) is 22.4 Å². The molecule has 0 heterocycles. The molecular formula is C14H17BrClNO. The minimum absolute atomic E-state index is 0.00131. The Morgan fingerprint density at radius 3 is 2.89 bits per heavy atom. The minimum Gasteiger partial charge on any atom is -0.349 e. The fraction of sp³-hybridized carbons (Fsp3) is 0.500. The van der Waals surface area contributed by atoms with Crippen LogP contribution in [0.1, 0.15) is 35.2 Å². The number of hydrogen-bond acceptors (Lipinski definition) is 1. The Labute approximate surface area is 121 Å². The van der Waals surface area contributed by atoms with Crippen LogP contribution >= 0.6 is 27.5 Å². The third-order valence-corrected chi connectivity index (χ3v) is 4.33. The van der Waals surface area contributed by atoms with Crippen LogP contribution in [0.15, 0.2) is 22.7 Å². The molecule has 1 fully saturated rings. The molecule has 1 aliphatic rings. The standard InChI is InChI=1S/C14H17BrClNO/c1-9-5-11(7-12(15)6-9)14(18)17-13-4-2-3-10(13)8-16/h5-7,10,13H,2-4,8H2,1H3,(H,17,18). The van der Waals surface area contributed by atoms with E-state index in [0.717, 1.165) is 29.3 Å². The monoisotopic (exact) mass is 329 g/mol. The summed E-state index contributed by atoms with van der Waals surface area (Å²) in [5, 5.41) is 3.11. The van der Waals surface area contributed by atoms with Gasteiger partial charge < -0.3 is 5.32 Å². The Kier molecular flexibility index (Phi) is 4.68. The van der Waals surface area contributed by atoms with Gasteiger partial charge in [-0.15, -0.1) is 11.6 Å². The van der Waals surface area contributed by atoms with Crippen molar-refractivity contribution in [1.29, 1.82) is 0 Å². The zero-order valence-corrected chi connectivity index (χ0v) is 12.7. The lowest BCUT2D eigenvalue weighted by Crippen LogP contribution is -2.37. The van der Waals surface area contributed by atoms with Crippen LogP contribution in [0.4, 0.5) is 0 Å². The molecule has 1 amide bonds. The second kappa shape index (κ2) is 6.07. The Balaban J connectivity index is 2.07. The number of carbonyl (C=O) groups is 1. The Morgan fingerprint density at radius 2 is 2.22 bits per heavy atom. The molecule has 1 aromatic carbocycles. The van der Waals surface area contributed by atoms with Crippen molar-refractivity contribution >= 4 is 33.4 Å². The SMILES string of the molecule is Cc1cc(Br)cc(C(=O)NC2CCCC2CCl)c1. The van der Waals surface area contributed by atoms with Gasteiger partial charge in [0.1, 0.15) is 0 Å². The molecule has 4 heteroatoms. The Hall–Kier alpha value is -0.540. The molecule has 0 aliphatic heterocycles. The number of nitrogens with one attached hydrogen (secondary N) is 1. The van der Waals surface area contributed by atoms with Gasteiger partial charge in [-0.3, -0.25) is 4.79 Å². The lowest BCUT2D eigenvalue weighted by Gasteiger charge is -2.19. The molecule has 18 heavy (non-hydrogen) atoms. The predicted molar refractivity (Wildman–Crippen MR) is 78.2 cm³/mol. The summed E-state index contributed by atoms with van der Waals surface area (Å²) in [6.45, 7) is 1.98. The molecule has 98 valence electrons. The van der Waals surface area contributed by atoms with E-state index in [1.54, 1.807) is 0 Å². The lowest BCUT2D eigenvalue weighted by atomic mass is 10.1. The van der Waals surface area contributed by atoms with E-state index in [9.17, 15) is 4.79 Å². The minimum atomic E-state index is 0.00131. The van der Waals surface area contributed by atoms with E-state index >= 15 is 0 Å². The molecule has 1 saturated carbocycles. The molecular weight excluding hydrogens is 314 g/mol. The van der Waals surface area contributed by atoms with Crippen molar-refractivity contribution in [2.75, 3.05) is 5.88 Å². The molecule has 2 atom stereocenters. The summed E-state index contributed by atoms with van der Waals surface area (Å²) in [6, 6.07) is 5.99. The van der Waals surface area contributed by atoms with Gasteiger partial charge in [-0.05, 0) is 49.4 Å². The lowest BCUT2D eigenvalue weighted by molar-refractivity contribution is 0.0930. The highest BCUT2D eigenvalue weighted by Gasteiger charge is 2.28. The van der Waals surface area contributed by atoms with Gasteiger partial charge >= 0.3 is 0 Å². The summed E-state index contributed by atoms with van der Waals surface area (Å²) in [5.74, 6) is 1.05. The maximum atomic E-state index is 12.2. The van der Waals surface area contributed by atoms with Crippen LogP contribution in [0.5, 0.6) is 0 Å². The Bertz CT molecular complexity index is 429. The first-order valence-electron chi connectivity index (χ1n) is 6.24. The van der Waals surface area contributed by atoms with Crippen LogP contribution in [0.25, 0.3) is 0 Å². The first kappa shape index (κ1) is 13.9. The molecule has 0 bridgehead atoms. The van der Waals surface area contributed by atoms with Gasteiger partial charge in [0, 0.05) is 22.0 Å². The van der Waals surface area contributed by atoms with Crippen LogP contribution in [0.2, 0.25) is 0 Å². The van der Waals surface area contributed by atoms with Gasteiger partial charge in [0.05, 0.1) is 0 Å². The number of alkyl halides is 1. The van der Waals surface area contributed by atoms with Crippen LogP contribution < -0.4 is 5.32 Å². The first-order valence-corrected chi connectivity index (χ1v) is 7.57. The molecule has 1 aromatic rings. The molecule has 2 nitrogen and oxygen atoms in total. The molecule has 1 aliphatic carbocycles. The molecule has 0 aromatic heterocycles. The highest BCUT2D eigenvalue weighted by Crippen LogP contribution is 2.27. The average molecular weight is 331 g/mol. The van der Waals surface area contributed by atoms with E-state index in [2.05, 4.69) is 21.2 Å². The normalized spacial score (nSPS) is 23.1. The Morgan fingerprint density at radius 1 is 1.44 bits per heavy atom. The van der Waals surface area contributed by atoms with Crippen LogP contribution in [0, 0.1) is 12.8 Å². The summed E-state index contributed by atoms with van der Waals surface area (Å²) < 4.78 is 0.938. The molecule has 2 rings (SSSR count). The summed E-state index contributed by atoms with van der Waals surface area (Å²) in [6.07, 6.45) is 3.31. The molecule has 2 unspecified atom stereocenters. The number of rotatable bonds is 3. The summed E-state index contributed by atoms with van der Waals surface area (Å²) in [4.78, 5) is 12.2. The van der Waals surface area contributed by atoms with Crippen LogP contribution in [-0.4, -0.2) is 17.8 Å². The van der Waals surface area contributed by atoms with Crippen molar-refractivity contribution in [2.24, 2.45) is 5.92 Å². The van der Waals surface area contributed by atoms with E-state index in [1.165, 1.54) is 0 Å². The fourth-order valence-corrected chi connectivity index (χ4v) is 3.51. The van der Waals surface area contributed by atoms with Crippen LogP contribution in [-0.2, 0) is 0 Å². The maximum Gasteiger partial charge on any atom is 0.251 e. The van der Waals surface area contributed by atoms with Crippen molar-refractivity contribution < 1.29 is 4.79 Å². The van der Waals surface area contributed by atoms with Gasteiger partial charge in [0.25, 0.3) is 5.91 Å². The predicted octanol–water partition coefficient (Wildman–Crippen LogP) is 3.89. The highest BCUT2D eigenvalue weighted by atomic mass is 79.9. The summed E-state index contributed by atoms with van der Waals surface area (Å²) >= 11 is 9.34. The quantitative estimate of drug-likeness (QED) is 0.837. The van der Waals surface area contributed by atoms with Gasteiger partial charge in [-0.25, -0.2) is 0 Å². The van der Waals surface area contributed by atoms with Crippen molar-refractivity contribution in [2.45, 2.75) is 32.2 Å². The van der Waals surface area contributed by atoms with Crippen molar-refractivity contribution in [3.8, 4) is 0 Å². The first-order chi connectivity index (χ1) is 8.60. The van der Waals surface area contributed by atoms with Crippen LogP contribution in [0.3, 0.4) is 0 Å². The molecule has 1 N–H and O–H groups in total. The number of amides is 1. The molecule has 0 spiro atoms. The van der Waals surface area contributed by atoms with Crippen molar-refractivity contribution in [3.05, 3.63) is 33.8 Å². The number of aryl methyl sites for hydroxylation is 1. The van der Waals surface area contributed by atoms with E-state index in [1.807, 2.05) is 25.1 Å². The summed E-state index contributed by atoms with van der Waals surface area (Å²) in [5.41, 5.74) is 1.79. The van der Waals surface area contributed by atoms with Crippen molar-refractivity contribution in [1.82, 2.24) is 5.32 Å². The van der Waals surface area contributed by atoms with E-state index in [-0.39, 0.29) is 11.9 Å². The third kappa shape index (κ3) is 3.27. The van der Waals surface area contributed by atoms with Gasteiger partial charge in [-0.2, -0.15) is 0 Å².